The van der Waals surface area contributed by atoms with Crippen LogP contribution in [0, 0.1) is 0 Å². The fraction of sp³-hybridized carbons (Fsp3) is 0.615. The number of amides is 1. The van der Waals surface area contributed by atoms with Crippen LogP contribution in [0.3, 0.4) is 0 Å². The monoisotopic (exact) mass is 349 g/mol. The standard InChI is InChI=1S/C13H20BrN3O.ClH/c1-4-16-8-11(14)5-12(16)13(18)17-6-9(2)15-10(3)7-17;/h5,8-10,15H,4,6-7H2,1-3H3;1H. The van der Waals surface area contributed by atoms with E-state index in [0.717, 1.165) is 29.8 Å². The van der Waals surface area contributed by atoms with Crippen molar-refractivity contribution < 1.29 is 4.79 Å². The Kier molecular flexibility index (Phi) is 5.89. The Morgan fingerprint density at radius 3 is 2.53 bits per heavy atom. The fourth-order valence-electron chi connectivity index (χ4n) is 2.57. The molecular formula is C13H21BrClN3O. The molecule has 0 bridgehead atoms. The van der Waals surface area contributed by atoms with Crippen LogP contribution in [0.15, 0.2) is 16.7 Å². The molecule has 2 unspecified atom stereocenters. The molecule has 1 saturated heterocycles. The molecule has 4 nitrogen and oxygen atoms in total. The van der Waals surface area contributed by atoms with Gasteiger partial charge in [0.1, 0.15) is 5.69 Å². The number of rotatable bonds is 2. The molecule has 1 aliphatic rings. The van der Waals surface area contributed by atoms with Gasteiger partial charge in [0.05, 0.1) is 0 Å². The first kappa shape index (κ1) is 16.5. The van der Waals surface area contributed by atoms with Gasteiger partial charge in [-0.1, -0.05) is 0 Å². The zero-order valence-electron chi connectivity index (χ0n) is 11.5. The number of hydrogen-bond donors (Lipinski definition) is 1. The third-order valence-corrected chi connectivity index (χ3v) is 3.70. The minimum atomic E-state index is 0. The predicted molar refractivity (Wildman–Crippen MR) is 83.0 cm³/mol. The van der Waals surface area contributed by atoms with Crippen LogP contribution in [0.2, 0.25) is 0 Å². The smallest absolute Gasteiger partial charge is 0.270 e. The van der Waals surface area contributed by atoms with Crippen molar-refractivity contribution in [1.29, 1.82) is 0 Å². The maximum Gasteiger partial charge on any atom is 0.270 e. The number of hydrogen-bond acceptors (Lipinski definition) is 2. The van der Waals surface area contributed by atoms with Crippen LogP contribution >= 0.6 is 28.3 Å². The van der Waals surface area contributed by atoms with Crippen LogP contribution in [0.5, 0.6) is 0 Å². The number of aryl methyl sites for hydroxylation is 1. The molecule has 0 saturated carbocycles. The first-order valence-corrected chi connectivity index (χ1v) is 7.21. The lowest BCUT2D eigenvalue weighted by atomic mass is 10.1. The van der Waals surface area contributed by atoms with Crippen molar-refractivity contribution in [3.8, 4) is 0 Å². The van der Waals surface area contributed by atoms with Crippen LogP contribution in [0.25, 0.3) is 0 Å². The maximum atomic E-state index is 12.5. The summed E-state index contributed by atoms with van der Waals surface area (Å²) in [4.78, 5) is 14.5. The van der Waals surface area contributed by atoms with Crippen molar-refractivity contribution in [2.45, 2.75) is 39.4 Å². The van der Waals surface area contributed by atoms with Gasteiger partial charge < -0.3 is 14.8 Å². The minimum absolute atomic E-state index is 0. The van der Waals surface area contributed by atoms with E-state index in [1.807, 2.05) is 28.7 Å². The summed E-state index contributed by atoms with van der Waals surface area (Å²) in [5.74, 6) is 0.128. The summed E-state index contributed by atoms with van der Waals surface area (Å²) >= 11 is 3.44. The van der Waals surface area contributed by atoms with Gasteiger partial charge in [0.2, 0.25) is 0 Å². The van der Waals surface area contributed by atoms with E-state index in [4.69, 9.17) is 0 Å². The summed E-state index contributed by atoms with van der Waals surface area (Å²) in [7, 11) is 0. The van der Waals surface area contributed by atoms with E-state index in [9.17, 15) is 4.79 Å². The van der Waals surface area contributed by atoms with Gasteiger partial charge >= 0.3 is 0 Å². The zero-order chi connectivity index (χ0) is 13.3. The molecule has 0 radical (unpaired) electrons. The quantitative estimate of drug-likeness (QED) is 0.890. The first-order chi connectivity index (χ1) is 8.51. The van der Waals surface area contributed by atoms with Gasteiger partial charge in [-0.15, -0.1) is 12.4 Å². The highest BCUT2D eigenvalue weighted by Gasteiger charge is 2.27. The summed E-state index contributed by atoms with van der Waals surface area (Å²) in [6, 6.07) is 2.61. The predicted octanol–water partition coefficient (Wildman–Crippen LogP) is 2.51. The highest BCUT2D eigenvalue weighted by atomic mass is 79.9. The van der Waals surface area contributed by atoms with Crippen LogP contribution in [-0.4, -0.2) is 40.5 Å². The SMILES string of the molecule is CCn1cc(Br)cc1C(=O)N1CC(C)NC(C)C1.Cl. The number of carbonyl (C=O) groups is 1. The fourth-order valence-corrected chi connectivity index (χ4v) is 3.03. The van der Waals surface area contributed by atoms with E-state index in [0.29, 0.717) is 12.1 Å². The van der Waals surface area contributed by atoms with Crippen LogP contribution in [0.4, 0.5) is 0 Å². The van der Waals surface area contributed by atoms with Crippen molar-refractivity contribution in [3.05, 3.63) is 22.4 Å². The normalized spacial score (nSPS) is 23.1. The largest absolute Gasteiger partial charge is 0.343 e. The molecule has 19 heavy (non-hydrogen) atoms. The Morgan fingerprint density at radius 1 is 1.42 bits per heavy atom. The van der Waals surface area contributed by atoms with Crippen molar-refractivity contribution in [1.82, 2.24) is 14.8 Å². The molecule has 2 atom stereocenters. The summed E-state index contributed by atoms with van der Waals surface area (Å²) in [6.07, 6.45) is 1.96. The Hall–Kier alpha value is -0.520. The molecule has 1 aromatic heterocycles. The maximum absolute atomic E-state index is 12.5. The molecule has 108 valence electrons. The molecule has 1 amide bonds. The van der Waals surface area contributed by atoms with Crippen molar-refractivity contribution in [2.75, 3.05) is 13.1 Å². The van der Waals surface area contributed by atoms with E-state index in [1.165, 1.54) is 0 Å². The zero-order valence-corrected chi connectivity index (χ0v) is 13.9. The first-order valence-electron chi connectivity index (χ1n) is 6.42. The lowest BCUT2D eigenvalue weighted by Crippen LogP contribution is -2.56. The van der Waals surface area contributed by atoms with E-state index in [1.54, 1.807) is 0 Å². The van der Waals surface area contributed by atoms with Crippen LogP contribution < -0.4 is 5.32 Å². The third-order valence-electron chi connectivity index (χ3n) is 3.27. The topological polar surface area (TPSA) is 37.3 Å². The molecule has 1 aliphatic heterocycles. The second kappa shape index (κ2) is 6.77. The second-order valence-corrected chi connectivity index (χ2v) is 5.92. The lowest BCUT2D eigenvalue weighted by Gasteiger charge is -2.36. The molecule has 0 aliphatic carbocycles. The highest BCUT2D eigenvalue weighted by Crippen LogP contribution is 2.18. The number of carbonyl (C=O) groups excluding carboxylic acids is 1. The van der Waals surface area contributed by atoms with Crippen molar-refractivity contribution >= 4 is 34.2 Å². The molecule has 6 heteroatoms. The van der Waals surface area contributed by atoms with Gasteiger partial charge in [0.25, 0.3) is 5.91 Å². The summed E-state index contributed by atoms with van der Waals surface area (Å²) in [5, 5.41) is 3.44. The second-order valence-electron chi connectivity index (χ2n) is 5.01. The number of nitrogens with one attached hydrogen (secondary N) is 1. The van der Waals surface area contributed by atoms with Crippen molar-refractivity contribution in [3.63, 3.8) is 0 Å². The van der Waals surface area contributed by atoms with Crippen LogP contribution in [-0.2, 0) is 6.54 Å². The highest BCUT2D eigenvalue weighted by molar-refractivity contribution is 9.10. The van der Waals surface area contributed by atoms with Crippen LogP contribution in [0.1, 0.15) is 31.3 Å². The van der Waals surface area contributed by atoms with E-state index in [2.05, 4.69) is 35.1 Å². The summed E-state index contributed by atoms with van der Waals surface area (Å²) in [6.45, 7) is 8.64. The van der Waals surface area contributed by atoms with E-state index >= 15 is 0 Å². The van der Waals surface area contributed by atoms with Gasteiger partial charge in [0.15, 0.2) is 0 Å². The van der Waals surface area contributed by atoms with E-state index < -0.39 is 0 Å². The summed E-state index contributed by atoms with van der Waals surface area (Å²) in [5.41, 5.74) is 0.769. The number of piperazine rings is 1. The number of nitrogens with zero attached hydrogens (tertiary/aromatic N) is 2. The molecule has 1 aromatic rings. The minimum Gasteiger partial charge on any atom is -0.343 e. The molecule has 1 fully saturated rings. The molecule has 2 rings (SSSR count). The van der Waals surface area contributed by atoms with Crippen molar-refractivity contribution in [2.24, 2.45) is 0 Å². The Bertz CT molecular complexity index is 439. The Morgan fingerprint density at radius 2 is 2.00 bits per heavy atom. The van der Waals surface area contributed by atoms with Gasteiger partial charge in [0, 0.05) is 42.4 Å². The number of halogens is 2. The lowest BCUT2D eigenvalue weighted by molar-refractivity contribution is 0.0663. The Balaban J connectivity index is 0.00000180. The van der Waals surface area contributed by atoms with Gasteiger partial charge in [-0.2, -0.15) is 0 Å². The third kappa shape index (κ3) is 3.74. The molecule has 0 spiro atoms. The van der Waals surface area contributed by atoms with E-state index in [-0.39, 0.29) is 18.3 Å². The summed E-state index contributed by atoms with van der Waals surface area (Å²) < 4.78 is 2.95. The molecular weight excluding hydrogens is 330 g/mol. The Labute approximate surface area is 129 Å². The molecule has 2 heterocycles. The average molecular weight is 351 g/mol. The van der Waals surface area contributed by atoms with Gasteiger partial charge in [-0.3, -0.25) is 4.79 Å². The average Bonchev–Trinajstić information content (AvgIpc) is 2.68. The van der Waals surface area contributed by atoms with Gasteiger partial charge in [-0.25, -0.2) is 0 Å². The molecule has 1 N–H and O–H groups in total. The number of aromatic nitrogens is 1. The molecule has 0 aromatic carbocycles. The van der Waals surface area contributed by atoms with Gasteiger partial charge in [-0.05, 0) is 42.8 Å².